The van der Waals surface area contributed by atoms with Crippen LogP contribution in [0.1, 0.15) is 12.8 Å². The Morgan fingerprint density at radius 2 is 2.21 bits per heavy atom. The largest absolute Gasteiger partial charge is 0.352 e. The van der Waals surface area contributed by atoms with E-state index < -0.39 is 0 Å². The van der Waals surface area contributed by atoms with E-state index in [2.05, 4.69) is 20.7 Å². The molecule has 0 atom stereocenters. The van der Waals surface area contributed by atoms with Gasteiger partial charge < -0.3 is 20.4 Å². The van der Waals surface area contributed by atoms with Gasteiger partial charge in [0, 0.05) is 39.4 Å². The third-order valence-corrected chi connectivity index (χ3v) is 4.08. The molecule has 2 amide bonds. The molecule has 1 saturated carbocycles. The van der Waals surface area contributed by atoms with Gasteiger partial charge in [-0.15, -0.1) is 0 Å². The van der Waals surface area contributed by atoms with E-state index in [1.165, 1.54) is 0 Å². The van der Waals surface area contributed by atoms with Crippen molar-refractivity contribution in [3.8, 4) is 0 Å². The van der Waals surface area contributed by atoms with Crippen molar-refractivity contribution < 1.29 is 9.59 Å². The molecule has 0 unspecified atom stereocenters. The lowest BCUT2D eigenvalue weighted by atomic mass is 10.3. The number of hydrogen-bond acceptors (Lipinski definition) is 4. The van der Waals surface area contributed by atoms with E-state index in [0.29, 0.717) is 25.1 Å². The summed E-state index contributed by atoms with van der Waals surface area (Å²) >= 11 is 0. The van der Waals surface area contributed by atoms with Crippen LogP contribution in [0.5, 0.6) is 0 Å². The van der Waals surface area contributed by atoms with E-state index >= 15 is 0 Å². The van der Waals surface area contributed by atoms with Crippen molar-refractivity contribution in [1.82, 2.24) is 25.3 Å². The third-order valence-electron chi connectivity index (χ3n) is 4.08. The predicted octanol–water partition coefficient (Wildman–Crippen LogP) is -1.08. The summed E-state index contributed by atoms with van der Waals surface area (Å²) in [7, 11) is 3.47. The number of nitrogens with one attached hydrogen (secondary N) is 2. The van der Waals surface area contributed by atoms with Crippen LogP contribution in [0.25, 0.3) is 0 Å². The molecule has 130 valence electrons. The van der Waals surface area contributed by atoms with E-state index in [4.69, 9.17) is 0 Å². The highest BCUT2D eigenvalue weighted by Crippen LogP contribution is 2.18. The molecule has 1 aliphatic carbocycles. The number of rotatable bonds is 4. The summed E-state index contributed by atoms with van der Waals surface area (Å²) < 4.78 is 1.67. The standard InChI is InChI=1S/C15H23N7O2/c1-16-15(17-8-13(23)19-11-3-4-11)21-5-6-22(14(24)10-21)12-7-18-20(2)9-12/h7,9,11H,3-6,8,10H2,1-2H3,(H,16,17)(H,19,23). The zero-order valence-electron chi connectivity index (χ0n) is 14.0. The van der Waals surface area contributed by atoms with E-state index in [-0.39, 0.29) is 24.9 Å². The minimum Gasteiger partial charge on any atom is -0.352 e. The number of aromatic nitrogens is 2. The van der Waals surface area contributed by atoms with Crippen molar-refractivity contribution >= 4 is 23.5 Å². The molecule has 24 heavy (non-hydrogen) atoms. The van der Waals surface area contributed by atoms with Gasteiger partial charge in [0.05, 0.1) is 18.4 Å². The van der Waals surface area contributed by atoms with Gasteiger partial charge >= 0.3 is 0 Å². The van der Waals surface area contributed by atoms with Crippen molar-refractivity contribution in [1.29, 1.82) is 0 Å². The lowest BCUT2D eigenvalue weighted by Gasteiger charge is -2.35. The first-order chi connectivity index (χ1) is 11.6. The molecule has 1 saturated heterocycles. The maximum atomic E-state index is 12.4. The van der Waals surface area contributed by atoms with Crippen LogP contribution in [0.3, 0.4) is 0 Å². The second-order valence-corrected chi connectivity index (χ2v) is 6.08. The molecule has 1 aromatic heterocycles. The maximum Gasteiger partial charge on any atom is 0.246 e. The second kappa shape index (κ2) is 6.90. The van der Waals surface area contributed by atoms with Gasteiger partial charge in [-0.2, -0.15) is 5.10 Å². The van der Waals surface area contributed by atoms with Gasteiger partial charge in [-0.1, -0.05) is 0 Å². The minimum atomic E-state index is -0.0426. The number of piperazine rings is 1. The van der Waals surface area contributed by atoms with Crippen molar-refractivity contribution in [2.24, 2.45) is 12.0 Å². The second-order valence-electron chi connectivity index (χ2n) is 6.08. The maximum absolute atomic E-state index is 12.4. The van der Waals surface area contributed by atoms with Crippen LogP contribution in [0.4, 0.5) is 5.69 Å². The fourth-order valence-electron chi connectivity index (χ4n) is 2.67. The zero-order valence-corrected chi connectivity index (χ0v) is 14.0. The SMILES string of the molecule is CN=C(NCC(=O)NC1CC1)N1CCN(c2cnn(C)c2)C(=O)C1. The van der Waals surface area contributed by atoms with Crippen molar-refractivity contribution in [2.45, 2.75) is 18.9 Å². The third kappa shape index (κ3) is 3.84. The summed E-state index contributed by atoms with van der Waals surface area (Å²) in [5.74, 6) is 0.513. The molecule has 9 heteroatoms. The molecule has 3 rings (SSSR count). The van der Waals surface area contributed by atoms with Gasteiger partial charge in [0.15, 0.2) is 5.96 Å². The Bertz CT molecular complexity index is 650. The Balaban J connectivity index is 1.53. The highest BCUT2D eigenvalue weighted by molar-refractivity contribution is 5.98. The van der Waals surface area contributed by atoms with E-state index in [1.807, 2.05) is 18.1 Å². The monoisotopic (exact) mass is 333 g/mol. The van der Waals surface area contributed by atoms with Gasteiger partial charge in [-0.05, 0) is 12.8 Å². The van der Waals surface area contributed by atoms with Crippen molar-refractivity contribution in [3.63, 3.8) is 0 Å². The smallest absolute Gasteiger partial charge is 0.246 e. The Kier molecular flexibility index (Phi) is 4.68. The summed E-state index contributed by atoms with van der Waals surface area (Å²) in [6.07, 6.45) is 5.63. The van der Waals surface area contributed by atoms with Crippen molar-refractivity contribution in [2.75, 3.05) is 38.1 Å². The summed E-state index contributed by atoms with van der Waals surface area (Å²) in [6, 6.07) is 0.339. The topological polar surface area (TPSA) is 94.9 Å². The first-order valence-corrected chi connectivity index (χ1v) is 8.11. The molecule has 2 fully saturated rings. The quantitative estimate of drug-likeness (QED) is 0.540. The molecule has 1 aromatic rings. The average molecular weight is 333 g/mol. The van der Waals surface area contributed by atoms with Gasteiger partial charge in [-0.25, -0.2) is 0 Å². The van der Waals surface area contributed by atoms with E-state index in [0.717, 1.165) is 18.5 Å². The number of guanidine groups is 1. The van der Waals surface area contributed by atoms with Crippen LogP contribution >= 0.6 is 0 Å². The van der Waals surface area contributed by atoms with E-state index in [9.17, 15) is 9.59 Å². The molecule has 0 bridgehead atoms. The fraction of sp³-hybridized carbons (Fsp3) is 0.600. The summed E-state index contributed by atoms with van der Waals surface area (Å²) in [6.45, 7) is 1.59. The zero-order chi connectivity index (χ0) is 17.1. The van der Waals surface area contributed by atoms with Crippen molar-refractivity contribution in [3.05, 3.63) is 12.4 Å². The summed E-state index contributed by atoms with van der Waals surface area (Å²) in [5, 5.41) is 10.0. The number of hydrogen-bond donors (Lipinski definition) is 2. The molecule has 2 aliphatic rings. The molecular weight excluding hydrogens is 310 g/mol. The molecule has 0 aromatic carbocycles. The molecule has 2 N–H and O–H groups in total. The molecule has 0 spiro atoms. The Labute approximate surface area is 140 Å². The lowest BCUT2D eigenvalue weighted by molar-refractivity contribution is -0.120. The summed E-state index contributed by atoms with van der Waals surface area (Å²) in [4.78, 5) is 31.9. The number of carbonyl (C=O) groups excluding carboxylic acids is 2. The van der Waals surface area contributed by atoms with Crippen LogP contribution in [0, 0.1) is 0 Å². The molecule has 9 nitrogen and oxygen atoms in total. The number of aliphatic imine (C=N–C) groups is 1. The Hall–Kier alpha value is -2.58. The van der Waals surface area contributed by atoms with Gasteiger partial charge in [-0.3, -0.25) is 19.3 Å². The predicted molar refractivity (Wildman–Crippen MR) is 89.7 cm³/mol. The minimum absolute atomic E-state index is 0.0142. The van der Waals surface area contributed by atoms with Gasteiger partial charge in [0.25, 0.3) is 0 Å². The molecule has 2 heterocycles. The number of carbonyl (C=O) groups is 2. The number of nitrogens with zero attached hydrogens (tertiary/aromatic N) is 5. The van der Waals surface area contributed by atoms with Crippen LogP contribution < -0.4 is 15.5 Å². The van der Waals surface area contributed by atoms with Crippen LogP contribution in [-0.4, -0.2) is 71.7 Å². The fourth-order valence-corrected chi connectivity index (χ4v) is 2.67. The molecular formula is C15H23N7O2. The van der Waals surface area contributed by atoms with E-state index in [1.54, 1.807) is 22.8 Å². The average Bonchev–Trinajstić information content (AvgIpc) is 3.26. The number of amides is 2. The normalized spacial score (nSPS) is 18.8. The Morgan fingerprint density at radius 3 is 2.79 bits per heavy atom. The van der Waals surface area contributed by atoms with Crippen LogP contribution in [-0.2, 0) is 16.6 Å². The van der Waals surface area contributed by atoms with Crippen LogP contribution in [0.15, 0.2) is 17.4 Å². The van der Waals surface area contributed by atoms with Gasteiger partial charge in [0.2, 0.25) is 11.8 Å². The molecule has 1 aliphatic heterocycles. The lowest BCUT2D eigenvalue weighted by Crippen LogP contribution is -2.56. The van der Waals surface area contributed by atoms with Gasteiger partial charge in [0.1, 0.15) is 6.54 Å². The number of aryl methyl sites for hydroxylation is 1. The number of anilines is 1. The first kappa shape index (κ1) is 16.3. The van der Waals surface area contributed by atoms with Crippen LogP contribution in [0.2, 0.25) is 0 Å². The highest BCUT2D eigenvalue weighted by Gasteiger charge is 2.28. The molecule has 0 radical (unpaired) electrons. The first-order valence-electron chi connectivity index (χ1n) is 8.11. The summed E-state index contributed by atoms with van der Waals surface area (Å²) in [5.41, 5.74) is 0.800. The Morgan fingerprint density at radius 1 is 1.42 bits per heavy atom. The highest BCUT2D eigenvalue weighted by atomic mass is 16.2.